The molecule has 1 N–H and O–H groups in total. The average Bonchev–Trinajstić information content (AvgIpc) is 2.81. The summed E-state index contributed by atoms with van der Waals surface area (Å²) in [5.41, 5.74) is 0.155. The van der Waals surface area contributed by atoms with Crippen molar-refractivity contribution in [3.05, 3.63) is 47.7 Å². The number of rotatable bonds is 5. The Bertz CT molecular complexity index is 551. The van der Waals surface area contributed by atoms with E-state index in [0.29, 0.717) is 12.2 Å². The second kappa shape index (κ2) is 5.97. The molecular formula is C15H17F2NO. The number of benzene rings is 1. The lowest BCUT2D eigenvalue weighted by molar-refractivity contribution is 0.468. The van der Waals surface area contributed by atoms with Crippen LogP contribution in [-0.4, -0.2) is 12.6 Å². The van der Waals surface area contributed by atoms with E-state index in [2.05, 4.69) is 12.2 Å². The molecule has 2 rings (SSSR count). The van der Waals surface area contributed by atoms with E-state index in [0.717, 1.165) is 30.5 Å². The molecular weight excluding hydrogens is 248 g/mol. The first-order valence-electron chi connectivity index (χ1n) is 6.37. The van der Waals surface area contributed by atoms with Crippen LogP contribution in [0.15, 0.2) is 34.7 Å². The number of hydrogen-bond donors (Lipinski definition) is 1. The van der Waals surface area contributed by atoms with Gasteiger partial charge < -0.3 is 9.73 Å². The molecule has 0 saturated heterocycles. The van der Waals surface area contributed by atoms with Gasteiger partial charge in [-0.3, -0.25) is 0 Å². The highest BCUT2D eigenvalue weighted by molar-refractivity contribution is 5.58. The summed E-state index contributed by atoms with van der Waals surface area (Å²) < 4.78 is 32.3. The Morgan fingerprint density at radius 1 is 1.21 bits per heavy atom. The van der Waals surface area contributed by atoms with Crippen LogP contribution in [0.2, 0.25) is 0 Å². The van der Waals surface area contributed by atoms with Gasteiger partial charge in [0.15, 0.2) is 0 Å². The maximum absolute atomic E-state index is 13.6. The van der Waals surface area contributed by atoms with Gasteiger partial charge in [-0.05, 0) is 43.8 Å². The summed E-state index contributed by atoms with van der Waals surface area (Å²) in [6.07, 6.45) is 0.713. The smallest absolute Gasteiger partial charge is 0.137 e. The van der Waals surface area contributed by atoms with Gasteiger partial charge in [-0.25, -0.2) is 8.78 Å². The lowest BCUT2D eigenvalue weighted by Gasteiger charge is -2.09. The van der Waals surface area contributed by atoms with Crippen LogP contribution in [0.4, 0.5) is 8.78 Å². The Balaban J connectivity index is 2.18. The van der Waals surface area contributed by atoms with Crippen LogP contribution in [0.3, 0.4) is 0 Å². The van der Waals surface area contributed by atoms with E-state index in [1.165, 1.54) is 0 Å². The van der Waals surface area contributed by atoms with Gasteiger partial charge in [-0.2, -0.15) is 0 Å². The quantitative estimate of drug-likeness (QED) is 0.890. The van der Waals surface area contributed by atoms with Crippen molar-refractivity contribution < 1.29 is 13.2 Å². The minimum atomic E-state index is -0.484. The lowest BCUT2D eigenvalue weighted by Crippen LogP contribution is -2.27. The monoisotopic (exact) mass is 265 g/mol. The van der Waals surface area contributed by atoms with E-state index < -0.39 is 11.6 Å². The topological polar surface area (TPSA) is 25.2 Å². The van der Waals surface area contributed by atoms with Gasteiger partial charge in [0.05, 0.1) is 5.56 Å². The first-order chi connectivity index (χ1) is 9.10. The zero-order valence-electron chi connectivity index (χ0n) is 11.0. The Morgan fingerprint density at radius 3 is 2.74 bits per heavy atom. The molecule has 0 radical (unpaired) electrons. The zero-order chi connectivity index (χ0) is 13.8. The minimum absolute atomic E-state index is 0.155. The fraction of sp³-hybridized carbons (Fsp3) is 0.333. The predicted molar refractivity (Wildman–Crippen MR) is 70.9 cm³/mol. The number of furan rings is 1. The summed E-state index contributed by atoms with van der Waals surface area (Å²) in [4.78, 5) is 0. The Morgan fingerprint density at radius 2 is 2.00 bits per heavy atom. The third kappa shape index (κ3) is 3.41. The van der Waals surface area contributed by atoms with Gasteiger partial charge in [-0.1, -0.05) is 6.92 Å². The number of halogens is 2. The van der Waals surface area contributed by atoms with E-state index >= 15 is 0 Å². The fourth-order valence-electron chi connectivity index (χ4n) is 2.04. The van der Waals surface area contributed by atoms with Crippen molar-refractivity contribution in [2.45, 2.75) is 26.3 Å². The third-order valence-electron chi connectivity index (χ3n) is 2.92. The molecule has 0 aliphatic carbocycles. The van der Waals surface area contributed by atoms with Gasteiger partial charge in [-0.15, -0.1) is 0 Å². The van der Waals surface area contributed by atoms with Crippen molar-refractivity contribution in [2.24, 2.45) is 0 Å². The van der Waals surface area contributed by atoms with Crippen LogP contribution in [0.1, 0.15) is 19.6 Å². The summed E-state index contributed by atoms with van der Waals surface area (Å²) in [6.45, 7) is 4.97. The van der Waals surface area contributed by atoms with Crippen molar-refractivity contribution in [1.29, 1.82) is 0 Å². The molecule has 2 aromatic rings. The Kier molecular flexibility index (Phi) is 4.32. The van der Waals surface area contributed by atoms with Gasteiger partial charge >= 0.3 is 0 Å². The largest absolute Gasteiger partial charge is 0.461 e. The van der Waals surface area contributed by atoms with E-state index in [4.69, 9.17) is 4.42 Å². The highest BCUT2D eigenvalue weighted by atomic mass is 19.1. The van der Waals surface area contributed by atoms with Crippen LogP contribution in [-0.2, 0) is 6.42 Å². The highest BCUT2D eigenvalue weighted by Gasteiger charge is 2.12. The van der Waals surface area contributed by atoms with E-state index in [9.17, 15) is 8.78 Å². The SMILES string of the molecule is CCNC(C)Cc1ccc(-c2cc(F)ccc2F)o1. The maximum Gasteiger partial charge on any atom is 0.137 e. The molecule has 0 bridgehead atoms. The molecule has 19 heavy (non-hydrogen) atoms. The molecule has 0 aliphatic rings. The molecule has 1 unspecified atom stereocenters. The molecule has 4 heteroatoms. The van der Waals surface area contributed by atoms with E-state index in [1.54, 1.807) is 12.1 Å². The maximum atomic E-state index is 13.6. The standard InChI is InChI=1S/C15H17F2NO/c1-3-18-10(2)8-12-5-7-15(19-12)13-9-11(16)4-6-14(13)17/h4-7,9-10,18H,3,8H2,1-2H3. The summed E-state index contributed by atoms with van der Waals surface area (Å²) in [7, 11) is 0. The van der Waals surface area contributed by atoms with Crippen molar-refractivity contribution in [3.8, 4) is 11.3 Å². The first kappa shape index (κ1) is 13.7. The molecule has 2 nitrogen and oxygen atoms in total. The van der Waals surface area contributed by atoms with Crippen molar-refractivity contribution in [3.63, 3.8) is 0 Å². The summed E-state index contributed by atoms with van der Waals surface area (Å²) in [5, 5.41) is 3.27. The molecule has 102 valence electrons. The van der Waals surface area contributed by atoms with Crippen LogP contribution in [0.5, 0.6) is 0 Å². The zero-order valence-corrected chi connectivity index (χ0v) is 11.0. The van der Waals surface area contributed by atoms with Crippen molar-refractivity contribution in [2.75, 3.05) is 6.54 Å². The highest BCUT2D eigenvalue weighted by Crippen LogP contribution is 2.26. The normalized spacial score (nSPS) is 12.6. The molecule has 1 atom stereocenters. The number of nitrogens with one attached hydrogen (secondary N) is 1. The molecule has 1 aromatic carbocycles. The average molecular weight is 265 g/mol. The molecule has 1 aromatic heterocycles. The molecule has 0 amide bonds. The van der Waals surface area contributed by atoms with Gasteiger partial charge in [0.1, 0.15) is 23.2 Å². The molecule has 0 fully saturated rings. The fourth-order valence-corrected chi connectivity index (χ4v) is 2.04. The molecule has 0 saturated carbocycles. The van der Waals surface area contributed by atoms with Gasteiger partial charge in [0, 0.05) is 12.5 Å². The number of likely N-dealkylation sites (N-methyl/N-ethyl adjacent to an activating group) is 1. The molecule has 0 spiro atoms. The minimum Gasteiger partial charge on any atom is -0.461 e. The van der Waals surface area contributed by atoms with Gasteiger partial charge in [0.25, 0.3) is 0 Å². The summed E-state index contributed by atoms with van der Waals surface area (Å²) >= 11 is 0. The molecule has 0 aliphatic heterocycles. The van der Waals surface area contributed by atoms with E-state index in [-0.39, 0.29) is 11.6 Å². The second-order valence-electron chi connectivity index (χ2n) is 4.55. The van der Waals surface area contributed by atoms with Gasteiger partial charge in [0.2, 0.25) is 0 Å². The van der Waals surface area contributed by atoms with Crippen LogP contribution < -0.4 is 5.32 Å². The lowest BCUT2D eigenvalue weighted by atomic mass is 10.1. The molecule has 1 heterocycles. The Labute approximate surface area is 111 Å². The predicted octanol–water partition coefficient (Wildman–Crippen LogP) is 3.77. The second-order valence-corrected chi connectivity index (χ2v) is 4.55. The number of hydrogen-bond acceptors (Lipinski definition) is 2. The van der Waals surface area contributed by atoms with E-state index in [1.807, 2.05) is 6.92 Å². The van der Waals surface area contributed by atoms with Crippen molar-refractivity contribution in [1.82, 2.24) is 5.32 Å². The third-order valence-corrected chi connectivity index (χ3v) is 2.92. The summed E-state index contributed by atoms with van der Waals surface area (Å²) in [6, 6.07) is 7.09. The van der Waals surface area contributed by atoms with Crippen LogP contribution in [0, 0.1) is 11.6 Å². The van der Waals surface area contributed by atoms with Crippen LogP contribution in [0.25, 0.3) is 11.3 Å². The first-order valence-corrected chi connectivity index (χ1v) is 6.37. The van der Waals surface area contributed by atoms with Crippen molar-refractivity contribution >= 4 is 0 Å². The van der Waals surface area contributed by atoms with Crippen LogP contribution >= 0.6 is 0 Å². The Hall–Kier alpha value is -1.68. The summed E-state index contributed by atoms with van der Waals surface area (Å²) in [5.74, 6) is 0.153.